The standard InChI is InChI=1S/C17H24N2O/c1-13-5-4-6-16-15(13)11-14(18(16)3)12-19-9-7-17(2,20)8-10-19/h4-6,11,20H,7-10,12H2,1-3H3. The summed E-state index contributed by atoms with van der Waals surface area (Å²) in [5.74, 6) is 0. The summed E-state index contributed by atoms with van der Waals surface area (Å²) >= 11 is 0. The van der Waals surface area contributed by atoms with Crippen LogP contribution in [0.15, 0.2) is 24.3 Å². The predicted molar refractivity (Wildman–Crippen MR) is 82.8 cm³/mol. The Labute approximate surface area is 120 Å². The molecule has 2 aromatic rings. The molecule has 1 N–H and O–H groups in total. The Hall–Kier alpha value is -1.32. The van der Waals surface area contributed by atoms with Gasteiger partial charge in [-0.1, -0.05) is 12.1 Å². The second kappa shape index (κ2) is 4.90. The molecule has 1 fully saturated rings. The van der Waals surface area contributed by atoms with E-state index in [9.17, 15) is 5.11 Å². The van der Waals surface area contributed by atoms with Crippen molar-refractivity contribution in [3.63, 3.8) is 0 Å². The van der Waals surface area contributed by atoms with Crippen LogP contribution in [0.2, 0.25) is 0 Å². The summed E-state index contributed by atoms with van der Waals surface area (Å²) in [5, 5.41) is 11.4. The SMILES string of the molecule is Cc1cccc2c1cc(CN1CCC(C)(O)CC1)n2C. The summed E-state index contributed by atoms with van der Waals surface area (Å²) in [6.45, 7) is 7.05. The van der Waals surface area contributed by atoms with Crippen molar-refractivity contribution in [3.05, 3.63) is 35.5 Å². The predicted octanol–water partition coefficient (Wildman–Crippen LogP) is 2.83. The summed E-state index contributed by atoms with van der Waals surface area (Å²) in [5.41, 5.74) is 3.54. The van der Waals surface area contributed by atoms with Crippen LogP contribution in [0.4, 0.5) is 0 Å². The number of aromatic nitrogens is 1. The Bertz CT molecular complexity index is 617. The van der Waals surface area contributed by atoms with Crippen molar-refractivity contribution in [3.8, 4) is 0 Å². The van der Waals surface area contributed by atoms with E-state index >= 15 is 0 Å². The molecular weight excluding hydrogens is 248 g/mol. The number of piperidine rings is 1. The van der Waals surface area contributed by atoms with Crippen molar-refractivity contribution in [1.82, 2.24) is 9.47 Å². The lowest BCUT2D eigenvalue weighted by Gasteiger charge is -2.35. The molecule has 3 nitrogen and oxygen atoms in total. The summed E-state index contributed by atoms with van der Waals surface area (Å²) in [6, 6.07) is 8.80. The van der Waals surface area contributed by atoms with Crippen molar-refractivity contribution in [2.45, 2.75) is 38.8 Å². The Morgan fingerprint density at radius 1 is 1.25 bits per heavy atom. The number of likely N-dealkylation sites (tertiary alicyclic amines) is 1. The quantitative estimate of drug-likeness (QED) is 0.910. The van der Waals surface area contributed by atoms with Crippen LogP contribution in [0.25, 0.3) is 10.9 Å². The highest BCUT2D eigenvalue weighted by Crippen LogP contribution is 2.26. The molecule has 1 aromatic heterocycles. The molecule has 0 saturated carbocycles. The van der Waals surface area contributed by atoms with Gasteiger partial charge in [-0.3, -0.25) is 4.90 Å². The third-order valence-electron chi connectivity index (χ3n) is 4.72. The van der Waals surface area contributed by atoms with E-state index in [-0.39, 0.29) is 0 Å². The Morgan fingerprint density at radius 2 is 1.95 bits per heavy atom. The molecule has 0 aliphatic carbocycles. The maximum Gasteiger partial charge on any atom is 0.0644 e. The summed E-state index contributed by atoms with van der Waals surface area (Å²) < 4.78 is 2.30. The maximum absolute atomic E-state index is 10.0. The fourth-order valence-electron chi connectivity index (χ4n) is 3.14. The van der Waals surface area contributed by atoms with Gasteiger partial charge in [0.05, 0.1) is 5.60 Å². The van der Waals surface area contributed by atoms with Crippen molar-refractivity contribution in [2.24, 2.45) is 7.05 Å². The van der Waals surface area contributed by atoms with Gasteiger partial charge in [-0.2, -0.15) is 0 Å². The lowest BCUT2D eigenvalue weighted by molar-refractivity contribution is -0.00771. The number of aryl methyl sites for hydroxylation is 2. The highest BCUT2D eigenvalue weighted by molar-refractivity contribution is 5.84. The molecule has 1 aliphatic rings. The van der Waals surface area contributed by atoms with Crippen LogP contribution in [-0.4, -0.2) is 33.3 Å². The molecule has 1 saturated heterocycles. The first-order chi connectivity index (χ1) is 9.46. The van der Waals surface area contributed by atoms with Gasteiger partial charge in [0.2, 0.25) is 0 Å². The second-order valence-corrected chi connectivity index (χ2v) is 6.48. The number of hydrogen-bond donors (Lipinski definition) is 1. The first-order valence-electron chi connectivity index (χ1n) is 7.45. The molecule has 3 heteroatoms. The van der Waals surface area contributed by atoms with Crippen LogP contribution < -0.4 is 0 Å². The third kappa shape index (κ3) is 2.48. The summed E-state index contributed by atoms with van der Waals surface area (Å²) in [6.07, 6.45) is 1.74. The molecule has 0 amide bonds. The van der Waals surface area contributed by atoms with Gasteiger partial charge in [-0.25, -0.2) is 0 Å². The molecular formula is C17H24N2O. The average molecular weight is 272 g/mol. The van der Waals surface area contributed by atoms with E-state index in [0.717, 1.165) is 32.5 Å². The van der Waals surface area contributed by atoms with E-state index in [4.69, 9.17) is 0 Å². The van der Waals surface area contributed by atoms with Crippen molar-refractivity contribution >= 4 is 10.9 Å². The fourth-order valence-corrected chi connectivity index (χ4v) is 3.14. The van der Waals surface area contributed by atoms with Crippen LogP contribution in [0.5, 0.6) is 0 Å². The molecule has 0 unspecified atom stereocenters. The number of fused-ring (bicyclic) bond motifs is 1. The van der Waals surface area contributed by atoms with E-state index in [1.54, 1.807) is 0 Å². The highest BCUT2D eigenvalue weighted by atomic mass is 16.3. The zero-order valence-electron chi connectivity index (χ0n) is 12.7. The van der Waals surface area contributed by atoms with Crippen LogP contribution in [0.1, 0.15) is 31.0 Å². The van der Waals surface area contributed by atoms with Crippen molar-refractivity contribution < 1.29 is 5.11 Å². The van der Waals surface area contributed by atoms with Crippen LogP contribution in [0, 0.1) is 6.92 Å². The van der Waals surface area contributed by atoms with Gasteiger partial charge in [-0.05, 0) is 44.4 Å². The van der Waals surface area contributed by atoms with Crippen LogP contribution >= 0.6 is 0 Å². The molecule has 0 bridgehead atoms. The van der Waals surface area contributed by atoms with Gasteiger partial charge >= 0.3 is 0 Å². The minimum Gasteiger partial charge on any atom is -0.390 e. The second-order valence-electron chi connectivity index (χ2n) is 6.48. The van der Waals surface area contributed by atoms with Gasteiger partial charge in [0.1, 0.15) is 0 Å². The third-order valence-corrected chi connectivity index (χ3v) is 4.72. The largest absolute Gasteiger partial charge is 0.390 e. The molecule has 20 heavy (non-hydrogen) atoms. The molecule has 0 atom stereocenters. The minimum atomic E-state index is -0.466. The number of nitrogens with zero attached hydrogens (tertiary/aromatic N) is 2. The molecule has 2 heterocycles. The zero-order valence-corrected chi connectivity index (χ0v) is 12.7. The monoisotopic (exact) mass is 272 g/mol. The average Bonchev–Trinajstić information content (AvgIpc) is 2.71. The molecule has 108 valence electrons. The summed E-state index contributed by atoms with van der Waals surface area (Å²) in [4.78, 5) is 2.45. The number of rotatable bonds is 2. The Balaban J connectivity index is 1.82. The fraction of sp³-hybridized carbons (Fsp3) is 0.529. The lowest BCUT2D eigenvalue weighted by Crippen LogP contribution is -2.42. The van der Waals surface area contributed by atoms with Gasteiger partial charge in [0, 0.05) is 43.3 Å². The van der Waals surface area contributed by atoms with Gasteiger partial charge in [0.15, 0.2) is 0 Å². The van der Waals surface area contributed by atoms with Gasteiger partial charge < -0.3 is 9.67 Å². The summed E-state index contributed by atoms with van der Waals surface area (Å²) in [7, 11) is 2.15. The molecule has 1 aromatic carbocycles. The van der Waals surface area contributed by atoms with E-state index in [2.05, 4.69) is 47.7 Å². The first-order valence-corrected chi connectivity index (χ1v) is 7.45. The van der Waals surface area contributed by atoms with Crippen LogP contribution in [0.3, 0.4) is 0 Å². The van der Waals surface area contributed by atoms with Crippen molar-refractivity contribution in [1.29, 1.82) is 0 Å². The van der Waals surface area contributed by atoms with Crippen LogP contribution in [-0.2, 0) is 13.6 Å². The minimum absolute atomic E-state index is 0.466. The van der Waals surface area contributed by atoms with E-state index in [0.29, 0.717) is 0 Å². The van der Waals surface area contributed by atoms with E-state index in [1.165, 1.54) is 22.2 Å². The number of benzene rings is 1. The normalized spacial score (nSPS) is 19.6. The molecule has 1 aliphatic heterocycles. The molecule has 0 radical (unpaired) electrons. The van der Waals surface area contributed by atoms with Crippen molar-refractivity contribution in [2.75, 3.05) is 13.1 Å². The highest BCUT2D eigenvalue weighted by Gasteiger charge is 2.27. The van der Waals surface area contributed by atoms with E-state index in [1.807, 2.05) is 6.92 Å². The van der Waals surface area contributed by atoms with E-state index < -0.39 is 5.60 Å². The molecule has 3 rings (SSSR count). The maximum atomic E-state index is 10.0. The smallest absolute Gasteiger partial charge is 0.0644 e. The lowest BCUT2D eigenvalue weighted by atomic mass is 9.94. The number of aliphatic hydroxyl groups is 1. The number of hydrogen-bond acceptors (Lipinski definition) is 2. The van der Waals surface area contributed by atoms with Gasteiger partial charge in [0.25, 0.3) is 0 Å². The molecule has 0 spiro atoms. The van der Waals surface area contributed by atoms with Gasteiger partial charge in [-0.15, -0.1) is 0 Å². The topological polar surface area (TPSA) is 28.4 Å². The first kappa shape index (κ1) is 13.7. The Morgan fingerprint density at radius 3 is 2.60 bits per heavy atom. The Kier molecular flexibility index (Phi) is 3.35. The zero-order chi connectivity index (χ0) is 14.3.